The van der Waals surface area contributed by atoms with Crippen LogP contribution in [0.4, 0.5) is 4.79 Å². The lowest BCUT2D eigenvalue weighted by Gasteiger charge is -2.36. The minimum absolute atomic E-state index is 0.113. The molecule has 1 aromatic heterocycles. The second-order valence-electron chi connectivity index (χ2n) is 7.87. The Morgan fingerprint density at radius 3 is 2.73 bits per heavy atom. The SMILES string of the molecule is O=C(NO)c1ccc2c(c1)OC[C@@H](c1cccc3nccnc13)N(C(=O)N1CCOCC1)C2. The number of hydrogen-bond donors (Lipinski definition) is 2. The highest BCUT2D eigenvalue weighted by atomic mass is 16.5. The van der Waals surface area contributed by atoms with E-state index < -0.39 is 11.9 Å². The van der Waals surface area contributed by atoms with E-state index in [1.54, 1.807) is 45.9 Å². The van der Waals surface area contributed by atoms with Crippen LogP contribution < -0.4 is 10.2 Å². The number of para-hydroxylation sites is 1. The summed E-state index contributed by atoms with van der Waals surface area (Å²) in [5, 5.41) is 8.98. The normalized spacial score (nSPS) is 18.3. The van der Waals surface area contributed by atoms with Gasteiger partial charge in [0.1, 0.15) is 12.4 Å². The average molecular weight is 449 g/mol. The molecular weight excluding hydrogens is 426 g/mol. The summed E-state index contributed by atoms with van der Waals surface area (Å²) in [6.07, 6.45) is 3.27. The van der Waals surface area contributed by atoms with Gasteiger partial charge in [-0.1, -0.05) is 18.2 Å². The van der Waals surface area contributed by atoms with Gasteiger partial charge in [0.2, 0.25) is 0 Å². The molecule has 10 nitrogen and oxygen atoms in total. The van der Waals surface area contributed by atoms with Crippen LogP contribution in [0.2, 0.25) is 0 Å². The average Bonchev–Trinajstić information content (AvgIpc) is 3.07. The Balaban J connectivity index is 1.57. The van der Waals surface area contributed by atoms with Crippen molar-refractivity contribution in [3.8, 4) is 5.75 Å². The van der Waals surface area contributed by atoms with Crippen molar-refractivity contribution in [2.24, 2.45) is 0 Å². The number of fused-ring (bicyclic) bond motifs is 2. The van der Waals surface area contributed by atoms with Crippen LogP contribution in [-0.4, -0.2) is 69.8 Å². The third kappa shape index (κ3) is 4.06. The van der Waals surface area contributed by atoms with Crippen LogP contribution in [0.3, 0.4) is 0 Å². The van der Waals surface area contributed by atoms with E-state index in [0.717, 1.165) is 16.6 Å². The van der Waals surface area contributed by atoms with E-state index in [-0.39, 0.29) is 24.7 Å². The van der Waals surface area contributed by atoms with Gasteiger partial charge in [-0.15, -0.1) is 0 Å². The van der Waals surface area contributed by atoms with Crippen LogP contribution in [0.25, 0.3) is 11.0 Å². The quantitative estimate of drug-likeness (QED) is 0.455. The molecule has 2 aliphatic heterocycles. The molecule has 2 aliphatic rings. The summed E-state index contributed by atoms with van der Waals surface area (Å²) in [7, 11) is 0. The van der Waals surface area contributed by atoms with Crippen molar-refractivity contribution in [1.29, 1.82) is 0 Å². The molecule has 10 heteroatoms. The lowest BCUT2D eigenvalue weighted by atomic mass is 10.0. The molecule has 3 aromatic rings. The van der Waals surface area contributed by atoms with E-state index in [2.05, 4.69) is 9.97 Å². The van der Waals surface area contributed by atoms with Crippen molar-refractivity contribution in [2.75, 3.05) is 32.9 Å². The first-order valence-electron chi connectivity index (χ1n) is 10.7. The molecule has 1 atom stereocenters. The van der Waals surface area contributed by atoms with E-state index in [1.807, 2.05) is 18.2 Å². The van der Waals surface area contributed by atoms with Gasteiger partial charge in [-0.2, -0.15) is 0 Å². The second kappa shape index (κ2) is 9.00. The number of ether oxygens (including phenoxy) is 2. The van der Waals surface area contributed by atoms with Crippen molar-refractivity contribution in [2.45, 2.75) is 12.6 Å². The van der Waals surface area contributed by atoms with Gasteiger partial charge in [-0.3, -0.25) is 20.0 Å². The predicted octanol–water partition coefficient (Wildman–Crippen LogP) is 2.14. The molecular formula is C23H23N5O5. The van der Waals surface area contributed by atoms with Crippen LogP contribution in [0, 0.1) is 0 Å². The molecule has 2 aromatic carbocycles. The lowest BCUT2D eigenvalue weighted by Crippen LogP contribution is -2.49. The summed E-state index contributed by atoms with van der Waals surface area (Å²) < 4.78 is 11.5. The van der Waals surface area contributed by atoms with Gasteiger partial charge < -0.3 is 19.3 Å². The number of morpholine rings is 1. The summed E-state index contributed by atoms with van der Waals surface area (Å²) in [6, 6.07) is 10.1. The molecule has 0 spiro atoms. The van der Waals surface area contributed by atoms with Gasteiger partial charge in [0.05, 0.1) is 36.8 Å². The topological polar surface area (TPSA) is 117 Å². The highest BCUT2D eigenvalue weighted by Gasteiger charge is 2.34. The zero-order valence-corrected chi connectivity index (χ0v) is 17.8. The maximum Gasteiger partial charge on any atom is 0.321 e. The minimum Gasteiger partial charge on any atom is -0.491 e. The van der Waals surface area contributed by atoms with Crippen LogP contribution in [0.5, 0.6) is 5.75 Å². The monoisotopic (exact) mass is 449 g/mol. The van der Waals surface area contributed by atoms with Gasteiger partial charge in [-0.05, 0) is 18.2 Å². The molecule has 0 unspecified atom stereocenters. The predicted molar refractivity (Wildman–Crippen MR) is 117 cm³/mol. The standard InChI is InChI=1S/C23H23N5O5/c29-22(26-31)15-4-5-16-13-28(23(30)27-8-10-32-11-9-27)19(14-33-20(16)12-15)17-2-1-3-18-21(17)25-7-6-24-18/h1-7,12,19,31H,8-11,13-14H2,(H,26,29)/t19-/m0/s1. The summed E-state index contributed by atoms with van der Waals surface area (Å²) in [5.41, 5.74) is 4.94. The smallest absolute Gasteiger partial charge is 0.321 e. The third-order valence-corrected chi connectivity index (χ3v) is 5.96. The number of carbonyl (C=O) groups is 2. The van der Waals surface area contributed by atoms with E-state index in [4.69, 9.17) is 14.7 Å². The fourth-order valence-corrected chi connectivity index (χ4v) is 4.26. The summed E-state index contributed by atoms with van der Waals surface area (Å²) in [5.74, 6) is -0.141. The Kier molecular flexibility index (Phi) is 5.76. The molecule has 5 rings (SSSR count). The number of aromatic nitrogens is 2. The second-order valence-corrected chi connectivity index (χ2v) is 7.87. The van der Waals surface area contributed by atoms with Crippen molar-refractivity contribution < 1.29 is 24.3 Å². The molecule has 0 saturated carbocycles. The van der Waals surface area contributed by atoms with E-state index in [0.29, 0.717) is 37.6 Å². The Labute approximate surface area is 189 Å². The number of urea groups is 1. The summed E-state index contributed by atoms with van der Waals surface area (Å²) in [4.78, 5) is 38.0. The molecule has 0 aliphatic carbocycles. The fourth-order valence-electron chi connectivity index (χ4n) is 4.26. The first kappa shape index (κ1) is 21.1. The molecule has 33 heavy (non-hydrogen) atoms. The Morgan fingerprint density at radius 1 is 1.09 bits per heavy atom. The number of nitrogens with zero attached hydrogens (tertiary/aromatic N) is 4. The zero-order chi connectivity index (χ0) is 22.8. The first-order chi connectivity index (χ1) is 16.2. The number of hydrogen-bond acceptors (Lipinski definition) is 7. The number of amides is 3. The molecule has 3 heterocycles. The largest absolute Gasteiger partial charge is 0.491 e. The Morgan fingerprint density at radius 2 is 1.91 bits per heavy atom. The zero-order valence-electron chi connectivity index (χ0n) is 17.8. The maximum atomic E-state index is 13.7. The molecule has 1 fully saturated rings. The molecule has 3 amide bonds. The van der Waals surface area contributed by atoms with Crippen molar-refractivity contribution in [3.63, 3.8) is 0 Å². The summed E-state index contributed by atoms with van der Waals surface area (Å²) in [6.45, 7) is 2.48. The third-order valence-electron chi connectivity index (χ3n) is 5.96. The van der Waals surface area contributed by atoms with E-state index in [1.165, 1.54) is 0 Å². The molecule has 2 N–H and O–H groups in total. The van der Waals surface area contributed by atoms with Crippen molar-refractivity contribution >= 4 is 23.0 Å². The highest BCUT2D eigenvalue weighted by Crippen LogP contribution is 2.35. The number of carbonyl (C=O) groups excluding carboxylic acids is 2. The van der Waals surface area contributed by atoms with Gasteiger partial charge >= 0.3 is 6.03 Å². The Bertz CT molecular complexity index is 1190. The van der Waals surface area contributed by atoms with Crippen LogP contribution in [-0.2, 0) is 11.3 Å². The fraction of sp³-hybridized carbons (Fsp3) is 0.304. The van der Waals surface area contributed by atoms with Crippen molar-refractivity contribution in [1.82, 2.24) is 25.2 Å². The number of benzene rings is 2. The van der Waals surface area contributed by atoms with E-state index in [9.17, 15) is 9.59 Å². The first-order valence-corrected chi connectivity index (χ1v) is 10.7. The van der Waals surface area contributed by atoms with Crippen molar-refractivity contribution in [3.05, 3.63) is 65.5 Å². The molecule has 1 saturated heterocycles. The van der Waals surface area contributed by atoms with Gasteiger partial charge in [0.15, 0.2) is 0 Å². The van der Waals surface area contributed by atoms with E-state index >= 15 is 0 Å². The maximum absolute atomic E-state index is 13.7. The highest BCUT2D eigenvalue weighted by molar-refractivity contribution is 5.94. The molecule has 0 bridgehead atoms. The van der Waals surface area contributed by atoms with Crippen LogP contribution in [0.1, 0.15) is 27.5 Å². The number of nitrogens with one attached hydrogen (secondary N) is 1. The minimum atomic E-state index is -0.632. The summed E-state index contributed by atoms with van der Waals surface area (Å²) >= 11 is 0. The number of rotatable bonds is 2. The van der Waals surface area contributed by atoms with Gasteiger partial charge in [0, 0.05) is 42.2 Å². The lowest BCUT2D eigenvalue weighted by molar-refractivity contribution is 0.0363. The van der Waals surface area contributed by atoms with Gasteiger partial charge in [0.25, 0.3) is 5.91 Å². The molecule has 170 valence electrons. The van der Waals surface area contributed by atoms with Crippen LogP contribution >= 0.6 is 0 Å². The molecule has 0 radical (unpaired) electrons. The van der Waals surface area contributed by atoms with Crippen LogP contribution in [0.15, 0.2) is 48.8 Å². The van der Waals surface area contributed by atoms with Gasteiger partial charge in [-0.25, -0.2) is 10.3 Å². The number of hydroxylamine groups is 1. The Hall–Kier alpha value is -3.76.